The Bertz CT molecular complexity index is 1680. The number of aryl methyl sites for hydroxylation is 1. The van der Waals surface area contributed by atoms with Crippen LogP contribution in [0.2, 0.25) is 0 Å². The van der Waals surface area contributed by atoms with E-state index in [0.717, 1.165) is 16.3 Å². The van der Waals surface area contributed by atoms with Crippen molar-refractivity contribution in [3.8, 4) is 5.75 Å². The second kappa shape index (κ2) is 15.7. The molecule has 0 aliphatic heterocycles. The van der Waals surface area contributed by atoms with Crippen molar-refractivity contribution in [3.05, 3.63) is 103 Å². The van der Waals surface area contributed by atoms with Gasteiger partial charge in [-0.15, -0.1) is 0 Å². The van der Waals surface area contributed by atoms with Crippen molar-refractivity contribution in [3.63, 3.8) is 0 Å². The van der Waals surface area contributed by atoms with Crippen molar-refractivity contribution >= 4 is 38.3 Å². The number of carbonyl (C=O) groups is 2. The van der Waals surface area contributed by atoms with Crippen LogP contribution in [0.1, 0.15) is 32.8 Å². The Morgan fingerprint density at radius 3 is 2.20 bits per heavy atom. The van der Waals surface area contributed by atoms with Gasteiger partial charge in [0.15, 0.2) is 6.61 Å². The topological polar surface area (TPSA) is 125 Å². The lowest BCUT2D eigenvalue weighted by molar-refractivity contribution is -0.124. The van der Waals surface area contributed by atoms with Crippen molar-refractivity contribution in [2.45, 2.75) is 50.7 Å². The average molecular weight is 632 g/mol. The van der Waals surface area contributed by atoms with E-state index in [9.17, 15) is 23.1 Å². The smallest absolute Gasteiger partial charge is 0.258 e. The monoisotopic (exact) mass is 631 g/mol. The van der Waals surface area contributed by atoms with E-state index in [1.807, 2.05) is 80.6 Å². The third-order valence-corrected chi connectivity index (χ3v) is 9.11. The molecule has 9 nitrogen and oxygen atoms in total. The molecule has 0 bridgehead atoms. The van der Waals surface area contributed by atoms with Crippen LogP contribution in [0.25, 0.3) is 10.8 Å². The van der Waals surface area contributed by atoms with E-state index in [-0.39, 0.29) is 36.4 Å². The number of aliphatic hydroxyl groups excluding tert-OH is 1. The number of amides is 2. The fourth-order valence-corrected chi connectivity index (χ4v) is 6.68. The average Bonchev–Trinajstić information content (AvgIpc) is 3.01. The molecule has 0 aliphatic carbocycles. The molecule has 238 valence electrons. The first kappa shape index (κ1) is 33.6. The number of nitrogens with zero attached hydrogens (tertiary/aromatic N) is 1. The number of fused-ring (bicyclic) bond motifs is 1. The maximum Gasteiger partial charge on any atom is 0.258 e. The highest BCUT2D eigenvalue weighted by Gasteiger charge is 2.31. The number of benzene rings is 4. The Kier molecular flexibility index (Phi) is 11.7. The summed E-state index contributed by atoms with van der Waals surface area (Å²) in [4.78, 5) is 24.5. The van der Waals surface area contributed by atoms with Gasteiger partial charge in [0.2, 0.25) is 15.9 Å². The highest BCUT2D eigenvalue weighted by atomic mass is 32.2. The maximum absolute atomic E-state index is 13.7. The lowest BCUT2D eigenvalue weighted by Gasteiger charge is -2.30. The van der Waals surface area contributed by atoms with Gasteiger partial charge < -0.3 is 20.5 Å². The Balaban J connectivity index is 1.49. The summed E-state index contributed by atoms with van der Waals surface area (Å²) in [5.41, 5.74) is 1.51. The molecule has 4 aromatic rings. The van der Waals surface area contributed by atoms with Crippen LogP contribution in [-0.2, 0) is 26.0 Å². The quantitative estimate of drug-likeness (QED) is 0.170. The molecule has 0 spiro atoms. The summed E-state index contributed by atoms with van der Waals surface area (Å²) in [6.07, 6.45) is -0.255. The van der Waals surface area contributed by atoms with Crippen molar-refractivity contribution < 1.29 is 27.9 Å². The van der Waals surface area contributed by atoms with Crippen LogP contribution in [0.5, 0.6) is 5.75 Å². The van der Waals surface area contributed by atoms with Crippen LogP contribution in [0, 0.1) is 5.92 Å². The fraction of sp³-hybridized carbons (Fsp3) is 0.314. The minimum atomic E-state index is -4.01. The highest BCUT2D eigenvalue weighted by Crippen LogP contribution is 2.22. The van der Waals surface area contributed by atoms with Gasteiger partial charge in [-0.05, 0) is 71.5 Å². The van der Waals surface area contributed by atoms with Crippen LogP contribution >= 0.6 is 0 Å². The summed E-state index contributed by atoms with van der Waals surface area (Å²) in [5, 5.41) is 19.0. The van der Waals surface area contributed by atoms with Crippen LogP contribution in [0.15, 0.2) is 102 Å². The Morgan fingerprint density at radius 2 is 1.53 bits per heavy atom. The summed E-state index contributed by atoms with van der Waals surface area (Å²) < 4.78 is 34.5. The minimum absolute atomic E-state index is 0.0293. The van der Waals surface area contributed by atoms with Crippen molar-refractivity contribution in [1.29, 1.82) is 0 Å². The minimum Gasteiger partial charge on any atom is -0.484 e. The van der Waals surface area contributed by atoms with E-state index in [4.69, 9.17) is 4.74 Å². The van der Waals surface area contributed by atoms with E-state index >= 15 is 0 Å². The molecule has 4 rings (SSSR count). The molecule has 2 amide bonds. The predicted molar refractivity (Wildman–Crippen MR) is 176 cm³/mol. The summed E-state index contributed by atoms with van der Waals surface area (Å²) in [6, 6.07) is 28.3. The van der Waals surface area contributed by atoms with Crippen LogP contribution in [0.3, 0.4) is 0 Å². The van der Waals surface area contributed by atoms with Gasteiger partial charge in [0, 0.05) is 25.7 Å². The van der Waals surface area contributed by atoms with Gasteiger partial charge in [-0.3, -0.25) is 9.59 Å². The molecule has 0 fully saturated rings. The number of sulfonamides is 1. The molecule has 0 aromatic heterocycles. The van der Waals surface area contributed by atoms with E-state index in [2.05, 4.69) is 10.6 Å². The summed E-state index contributed by atoms with van der Waals surface area (Å²) in [5.74, 6) is -0.171. The lowest BCUT2D eigenvalue weighted by Crippen LogP contribution is -2.51. The van der Waals surface area contributed by atoms with Gasteiger partial charge in [-0.25, -0.2) is 8.42 Å². The zero-order valence-electron chi connectivity index (χ0n) is 25.8. The second-order valence-electron chi connectivity index (χ2n) is 11.5. The predicted octanol–water partition coefficient (Wildman–Crippen LogP) is 5.00. The number of nitrogens with one attached hydrogen (secondary N) is 2. The van der Waals surface area contributed by atoms with Gasteiger partial charge in [-0.1, -0.05) is 74.5 Å². The SMILES string of the molecule is CC(=O)Nc1ccc(S(=O)(=O)N(CC(C)C)C[C@@H](O)[C@H](CCc2ccccc2)NC(=O)COc2ccc3ccccc3c2)cc1. The number of hydrogen-bond acceptors (Lipinski definition) is 6. The first-order valence-electron chi connectivity index (χ1n) is 15.0. The lowest BCUT2D eigenvalue weighted by atomic mass is 10.0. The molecule has 0 saturated heterocycles. The largest absolute Gasteiger partial charge is 0.484 e. The molecule has 4 aromatic carbocycles. The van der Waals surface area contributed by atoms with Crippen LogP contribution in [0.4, 0.5) is 5.69 Å². The number of ether oxygens (including phenoxy) is 1. The summed E-state index contributed by atoms with van der Waals surface area (Å²) in [6.45, 7) is 4.85. The third-order valence-electron chi connectivity index (χ3n) is 7.26. The molecule has 0 aliphatic rings. The highest BCUT2D eigenvalue weighted by molar-refractivity contribution is 7.89. The molecular weight excluding hydrogens is 590 g/mol. The second-order valence-corrected chi connectivity index (χ2v) is 13.4. The van der Waals surface area contributed by atoms with Crippen LogP contribution < -0.4 is 15.4 Å². The summed E-state index contributed by atoms with van der Waals surface area (Å²) in [7, 11) is -4.01. The summed E-state index contributed by atoms with van der Waals surface area (Å²) >= 11 is 0. The number of anilines is 1. The molecule has 3 N–H and O–H groups in total. The van der Waals surface area contributed by atoms with Crippen molar-refractivity contribution in [2.75, 3.05) is 25.0 Å². The van der Waals surface area contributed by atoms with E-state index in [1.54, 1.807) is 6.07 Å². The Morgan fingerprint density at radius 1 is 0.867 bits per heavy atom. The molecular formula is C35H41N3O6S. The van der Waals surface area contributed by atoms with Gasteiger partial charge in [-0.2, -0.15) is 4.31 Å². The number of hydrogen-bond donors (Lipinski definition) is 3. The van der Waals surface area contributed by atoms with Crippen molar-refractivity contribution in [1.82, 2.24) is 9.62 Å². The molecule has 0 saturated carbocycles. The molecule has 0 radical (unpaired) electrons. The molecule has 2 atom stereocenters. The van der Waals surface area contributed by atoms with Crippen LogP contribution in [-0.4, -0.2) is 61.5 Å². The van der Waals surface area contributed by atoms with E-state index in [1.165, 1.54) is 35.5 Å². The number of aliphatic hydroxyl groups is 1. The first-order chi connectivity index (χ1) is 21.5. The molecule has 0 unspecified atom stereocenters. The van der Waals surface area contributed by atoms with Gasteiger partial charge in [0.25, 0.3) is 5.91 Å². The Labute approximate surface area is 265 Å². The number of rotatable bonds is 15. The van der Waals surface area contributed by atoms with E-state index in [0.29, 0.717) is 24.3 Å². The standard InChI is InChI=1S/C35H41N3O6S/c1-25(2)22-38(45(42,43)32-18-15-30(16-19-32)36-26(3)39)23-34(40)33(20-13-27-9-5-4-6-10-27)37-35(41)24-44-31-17-14-28-11-7-8-12-29(28)21-31/h4-12,14-19,21,25,33-34,40H,13,20,22-24H2,1-3H3,(H,36,39)(H,37,41)/t33-,34+/m0/s1. The zero-order valence-corrected chi connectivity index (χ0v) is 26.7. The molecule has 0 heterocycles. The van der Waals surface area contributed by atoms with Gasteiger partial charge in [0.05, 0.1) is 17.0 Å². The first-order valence-corrected chi connectivity index (χ1v) is 16.5. The number of carbonyl (C=O) groups excluding carboxylic acids is 2. The molecule has 45 heavy (non-hydrogen) atoms. The normalized spacial score (nSPS) is 13.0. The fourth-order valence-electron chi connectivity index (χ4n) is 5.06. The molecule has 10 heteroatoms. The van der Waals surface area contributed by atoms with E-state index < -0.39 is 28.1 Å². The maximum atomic E-state index is 13.7. The van der Waals surface area contributed by atoms with Gasteiger partial charge >= 0.3 is 0 Å². The Hall–Kier alpha value is -4.25. The van der Waals surface area contributed by atoms with Gasteiger partial charge in [0.1, 0.15) is 5.75 Å². The zero-order chi connectivity index (χ0) is 32.4. The third kappa shape index (κ3) is 9.87. The van der Waals surface area contributed by atoms with Crippen molar-refractivity contribution in [2.24, 2.45) is 5.92 Å².